The average molecular weight is 261 g/mol. The maximum absolute atomic E-state index is 8.78. The van der Waals surface area contributed by atoms with Crippen LogP contribution in [-0.2, 0) is 4.74 Å². The van der Waals surface area contributed by atoms with Gasteiger partial charge in [0, 0.05) is 6.61 Å². The third-order valence-electron chi connectivity index (χ3n) is 3.11. The van der Waals surface area contributed by atoms with Crippen LogP contribution in [0.2, 0.25) is 0 Å². The van der Waals surface area contributed by atoms with E-state index >= 15 is 0 Å². The molecule has 0 N–H and O–H groups in total. The van der Waals surface area contributed by atoms with Crippen molar-refractivity contribution in [3.8, 4) is 6.07 Å². The first kappa shape index (κ1) is 17.7. The van der Waals surface area contributed by atoms with E-state index in [1.54, 1.807) is 18.2 Å². The van der Waals surface area contributed by atoms with Gasteiger partial charge < -0.3 is 4.74 Å². The predicted molar refractivity (Wildman–Crippen MR) is 81.8 cm³/mol. The summed E-state index contributed by atoms with van der Waals surface area (Å²) in [5.41, 5.74) is 0.604. The highest BCUT2D eigenvalue weighted by molar-refractivity contribution is 5.35. The van der Waals surface area contributed by atoms with Gasteiger partial charge in [0.15, 0.2) is 0 Å². The molecule has 0 saturated heterocycles. The van der Waals surface area contributed by atoms with Gasteiger partial charge in [-0.3, -0.25) is 0 Å². The Morgan fingerprint density at radius 3 is 2.74 bits per heavy atom. The lowest BCUT2D eigenvalue weighted by atomic mass is 9.96. The molecule has 0 aliphatic heterocycles. The molecule has 0 spiro atoms. The molecule has 0 aromatic rings. The second kappa shape index (κ2) is 13.1. The van der Waals surface area contributed by atoms with Crippen molar-refractivity contribution < 1.29 is 4.74 Å². The Hall–Kier alpha value is -1.33. The predicted octanol–water partition coefficient (Wildman–Crippen LogP) is 4.80. The lowest BCUT2D eigenvalue weighted by Crippen LogP contribution is -2.02. The van der Waals surface area contributed by atoms with Crippen LogP contribution in [0.25, 0.3) is 0 Å². The largest absolute Gasteiger partial charge is 0.377 e. The summed E-state index contributed by atoms with van der Waals surface area (Å²) in [5, 5.41) is 8.78. The van der Waals surface area contributed by atoms with Crippen LogP contribution in [0.3, 0.4) is 0 Å². The Kier molecular flexibility index (Phi) is 12.2. The first-order chi connectivity index (χ1) is 9.28. The van der Waals surface area contributed by atoms with E-state index in [9.17, 15) is 0 Å². The molecule has 2 heteroatoms. The Labute approximate surface area is 118 Å². The minimum absolute atomic E-state index is 0.570. The highest BCUT2D eigenvalue weighted by Gasteiger charge is 2.03. The van der Waals surface area contributed by atoms with Gasteiger partial charge in [-0.25, -0.2) is 0 Å². The van der Waals surface area contributed by atoms with Crippen molar-refractivity contribution in [1.29, 1.82) is 5.26 Å². The fourth-order valence-electron chi connectivity index (χ4n) is 2.02. The molecule has 1 unspecified atom stereocenters. The Morgan fingerprint density at radius 1 is 1.37 bits per heavy atom. The summed E-state index contributed by atoms with van der Waals surface area (Å²) in [6, 6.07) is 2.09. The number of allylic oxidation sites excluding steroid dienone is 4. The molecule has 0 fully saturated rings. The first-order valence-corrected chi connectivity index (χ1v) is 7.25. The van der Waals surface area contributed by atoms with E-state index in [0.29, 0.717) is 12.2 Å². The molecule has 0 rings (SSSR count). The summed E-state index contributed by atoms with van der Waals surface area (Å²) in [7, 11) is 0. The topological polar surface area (TPSA) is 33.0 Å². The van der Waals surface area contributed by atoms with Gasteiger partial charge in [-0.2, -0.15) is 5.26 Å². The van der Waals surface area contributed by atoms with Gasteiger partial charge in [-0.1, -0.05) is 51.8 Å². The lowest BCUT2D eigenvalue weighted by Gasteiger charge is -2.12. The molecule has 0 amide bonds. The normalized spacial score (nSPS) is 13.4. The van der Waals surface area contributed by atoms with Crippen molar-refractivity contribution in [1.82, 2.24) is 0 Å². The quantitative estimate of drug-likeness (QED) is 0.304. The van der Waals surface area contributed by atoms with E-state index in [4.69, 9.17) is 10.00 Å². The Morgan fingerprint density at radius 2 is 2.16 bits per heavy atom. The van der Waals surface area contributed by atoms with Gasteiger partial charge in [-0.15, -0.1) is 0 Å². The minimum Gasteiger partial charge on any atom is -0.377 e. The fourth-order valence-corrected chi connectivity index (χ4v) is 2.02. The number of nitrogens with zero attached hydrogens (tertiary/aromatic N) is 1. The van der Waals surface area contributed by atoms with Crippen molar-refractivity contribution in [3.63, 3.8) is 0 Å². The summed E-state index contributed by atoms with van der Waals surface area (Å²) in [4.78, 5) is 0. The van der Waals surface area contributed by atoms with E-state index in [2.05, 4.69) is 26.5 Å². The molecule has 0 radical (unpaired) electrons. The summed E-state index contributed by atoms with van der Waals surface area (Å²) < 4.78 is 5.53. The average Bonchev–Trinajstić information content (AvgIpc) is 2.43. The minimum atomic E-state index is 0.570. The second-order valence-electron chi connectivity index (χ2n) is 4.65. The fraction of sp³-hybridized carbons (Fsp3) is 0.588. The van der Waals surface area contributed by atoms with E-state index in [0.717, 1.165) is 18.9 Å². The van der Waals surface area contributed by atoms with E-state index in [1.165, 1.54) is 25.7 Å². The maximum Gasteiger partial charge on any atom is 0.0991 e. The molecule has 19 heavy (non-hydrogen) atoms. The van der Waals surface area contributed by atoms with Crippen molar-refractivity contribution in [2.24, 2.45) is 5.92 Å². The molecule has 0 heterocycles. The smallest absolute Gasteiger partial charge is 0.0991 e. The molecule has 0 aromatic heterocycles. The zero-order valence-electron chi connectivity index (χ0n) is 12.4. The number of rotatable bonds is 11. The number of hydrogen-bond donors (Lipinski definition) is 0. The third-order valence-corrected chi connectivity index (χ3v) is 3.11. The van der Waals surface area contributed by atoms with Crippen LogP contribution < -0.4 is 0 Å². The molecular formula is C17H27NO. The monoisotopic (exact) mass is 261 g/mol. The summed E-state index contributed by atoms with van der Waals surface area (Å²) in [5.74, 6) is 0.852. The maximum atomic E-state index is 8.78. The van der Waals surface area contributed by atoms with Gasteiger partial charge in [0.2, 0.25) is 0 Å². The molecule has 0 saturated carbocycles. The summed E-state index contributed by atoms with van der Waals surface area (Å²) in [6.07, 6.45) is 13.2. The molecule has 0 bridgehead atoms. The van der Waals surface area contributed by atoms with Crippen molar-refractivity contribution in [2.45, 2.75) is 46.0 Å². The van der Waals surface area contributed by atoms with E-state index < -0.39 is 0 Å². The van der Waals surface area contributed by atoms with Gasteiger partial charge in [-0.05, 0) is 30.9 Å². The highest BCUT2D eigenvalue weighted by Crippen LogP contribution is 2.16. The zero-order chi connectivity index (χ0) is 14.3. The number of hydrogen-bond acceptors (Lipinski definition) is 2. The van der Waals surface area contributed by atoms with Crippen LogP contribution in [0, 0.1) is 17.2 Å². The molecule has 2 nitrogen and oxygen atoms in total. The standard InChI is InChI=1S/C17H27NO/c1-4-9-16(6-3)11-7-13-19-14-8-12-17(15-18)10-5-2/h5,8,10,12,16H,2,4,6-7,9,11,13-14H2,1,3H3/b12-8-,17-10+. The van der Waals surface area contributed by atoms with E-state index in [-0.39, 0.29) is 0 Å². The summed E-state index contributed by atoms with van der Waals surface area (Å²) in [6.45, 7) is 9.44. The van der Waals surface area contributed by atoms with Gasteiger partial charge in [0.05, 0.1) is 18.2 Å². The van der Waals surface area contributed by atoms with Crippen molar-refractivity contribution >= 4 is 0 Å². The third kappa shape index (κ3) is 10.3. The zero-order valence-corrected chi connectivity index (χ0v) is 12.4. The molecular weight excluding hydrogens is 234 g/mol. The van der Waals surface area contributed by atoms with Crippen LogP contribution in [0.5, 0.6) is 0 Å². The van der Waals surface area contributed by atoms with Crippen LogP contribution in [0.4, 0.5) is 0 Å². The molecule has 106 valence electrons. The van der Waals surface area contributed by atoms with Crippen molar-refractivity contribution in [3.05, 3.63) is 36.5 Å². The van der Waals surface area contributed by atoms with Crippen LogP contribution >= 0.6 is 0 Å². The molecule has 0 aliphatic carbocycles. The Bertz CT molecular complexity index is 323. The second-order valence-corrected chi connectivity index (χ2v) is 4.65. The van der Waals surface area contributed by atoms with Crippen LogP contribution in [-0.4, -0.2) is 13.2 Å². The van der Waals surface area contributed by atoms with Gasteiger partial charge in [0.1, 0.15) is 0 Å². The highest BCUT2D eigenvalue weighted by atomic mass is 16.5. The van der Waals surface area contributed by atoms with Gasteiger partial charge >= 0.3 is 0 Å². The Balaban J connectivity index is 3.65. The van der Waals surface area contributed by atoms with Crippen LogP contribution in [0.15, 0.2) is 36.5 Å². The summed E-state index contributed by atoms with van der Waals surface area (Å²) >= 11 is 0. The number of nitriles is 1. The molecule has 0 aromatic carbocycles. The van der Waals surface area contributed by atoms with Crippen molar-refractivity contribution in [2.75, 3.05) is 13.2 Å². The SMILES string of the molecule is C=C/C=C(C#N)\C=C/COCCCC(CC)CCC. The van der Waals surface area contributed by atoms with E-state index in [1.807, 2.05) is 6.08 Å². The lowest BCUT2D eigenvalue weighted by molar-refractivity contribution is 0.152. The molecule has 0 aliphatic rings. The number of ether oxygens (including phenoxy) is 1. The first-order valence-electron chi connectivity index (χ1n) is 7.25. The van der Waals surface area contributed by atoms with Crippen LogP contribution in [0.1, 0.15) is 46.0 Å². The van der Waals surface area contributed by atoms with Gasteiger partial charge in [0.25, 0.3) is 0 Å². The molecule has 1 atom stereocenters.